The largest absolute Gasteiger partial charge is 0.507 e. The van der Waals surface area contributed by atoms with Crippen LogP contribution in [0.25, 0.3) is 0 Å². The molecule has 0 saturated carbocycles. The maximum Gasteiger partial charge on any atom is 0.122 e. The van der Waals surface area contributed by atoms with Gasteiger partial charge in [-0.15, -0.1) is 0 Å². The van der Waals surface area contributed by atoms with Crippen molar-refractivity contribution in [3.05, 3.63) is 28.8 Å². The lowest BCUT2D eigenvalue weighted by Gasteiger charge is -2.24. The molecule has 0 aromatic heterocycles. The summed E-state index contributed by atoms with van der Waals surface area (Å²) >= 11 is 0. The molecule has 1 aromatic rings. The number of hydrogen-bond donors (Lipinski definition) is 2. The Hall–Kier alpha value is -1.02. The van der Waals surface area contributed by atoms with E-state index in [0.29, 0.717) is 5.75 Å². The van der Waals surface area contributed by atoms with Crippen LogP contribution in [0.5, 0.6) is 5.75 Å². The van der Waals surface area contributed by atoms with Crippen LogP contribution < -0.4 is 0 Å². The summed E-state index contributed by atoms with van der Waals surface area (Å²) in [6.07, 6.45) is 0.939. The second kappa shape index (κ2) is 5.09. The highest BCUT2D eigenvalue weighted by molar-refractivity contribution is 5.48. The standard InChI is InChI=1S/C15H24O2/c1-6-11-7-12(10(2)9-16)14(17)13(8-11)15(3,4)5/h7-8,10,16-17H,6,9H2,1-5H3. The number of phenolic OH excluding ortho intramolecular Hbond substituents is 1. The summed E-state index contributed by atoms with van der Waals surface area (Å²) < 4.78 is 0. The van der Waals surface area contributed by atoms with E-state index in [1.807, 2.05) is 13.0 Å². The average Bonchev–Trinajstić information content (AvgIpc) is 2.26. The fourth-order valence-corrected chi connectivity index (χ4v) is 1.97. The molecule has 2 heteroatoms. The Bertz CT molecular complexity index is 389. The van der Waals surface area contributed by atoms with Gasteiger partial charge >= 0.3 is 0 Å². The number of benzene rings is 1. The Morgan fingerprint density at radius 2 is 1.82 bits per heavy atom. The van der Waals surface area contributed by atoms with E-state index in [1.54, 1.807) is 0 Å². The number of aromatic hydroxyl groups is 1. The van der Waals surface area contributed by atoms with Gasteiger partial charge in [0.1, 0.15) is 5.75 Å². The molecule has 96 valence electrons. The number of hydrogen-bond acceptors (Lipinski definition) is 2. The Labute approximate surface area is 104 Å². The SMILES string of the molecule is CCc1cc(C(C)CO)c(O)c(C(C)(C)C)c1. The van der Waals surface area contributed by atoms with Gasteiger partial charge in [-0.1, -0.05) is 46.8 Å². The summed E-state index contributed by atoms with van der Waals surface area (Å²) in [5, 5.41) is 19.6. The number of aliphatic hydroxyl groups is 1. The van der Waals surface area contributed by atoms with Gasteiger partial charge in [0, 0.05) is 12.5 Å². The second-order valence-corrected chi connectivity index (χ2v) is 5.77. The van der Waals surface area contributed by atoms with E-state index in [2.05, 4.69) is 33.8 Å². The molecule has 2 nitrogen and oxygen atoms in total. The van der Waals surface area contributed by atoms with Crippen LogP contribution in [0.15, 0.2) is 12.1 Å². The molecule has 0 amide bonds. The molecule has 0 saturated heterocycles. The quantitative estimate of drug-likeness (QED) is 0.845. The van der Waals surface area contributed by atoms with Crippen LogP contribution in [0.1, 0.15) is 57.2 Å². The summed E-state index contributed by atoms with van der Waals surface area (Å²) in [6.45, 7) is 10.4. The zero-order chi connectivity index (χ0) is 13.2. The van der Waals surface area contributed by atoms with Gasteiger partial charge in [0.05, 0.1) is 0 Å². The number of aliphatic hydroxyl groups excluding tert-OH is 1. The van der Waals surface area contributed by atoms with Crippen molar-refractivity contribution in [1.29, 1.82) is 0 Å². The summed E-state index contributed by atoms with van der Waals surface area (Å²) in [5.41, 5.74) is 2.95. The molecule has 0 aliphatic rings. The fourth-order valence-electron chi connectivity index (χ4n) is 1.97. The maximum atomic E-state index is 10.3. The van der Waals surface area contributed by atoms with E-state index in [1.165, 1.54) is 5.56 Å². The summed E-state index contributed by atoms with van der Waals surface area (Å²) in [6, 6.07) is 4.08. The van der Waals surface area contributed by atoms with Crippen LogP contribution in [0.4, 0.5) is 0 Å². The van der Waals surface area contributed by atoms with E-state index >= 15 is 0 Å². The first kappa shape index (κ1) is 14.0. The van der Waals surface area contributed by atoms with Gasteiger partial charge in [0.25, 0.3) is 0 Å². The predicted molar refractivity (Wildman–Crippen MR) is 71.7 cm³/mol. The smallest absolute Gasteiger partial charge is 0.122 e. The van der Waals surface area contributed by atoms with Crippen LogP contribution >= 0.6 is 0 Å². The van der Waals surface area contributed by atoms with Gasteiger partial charge in [-0.3, -0.25) is 0 Å². The van der Waals surface area contributed by atoms with E-state index < -0.39 is 0 Å². The predicted octanol–water partition coefficient (Wildman–Crippen LogP) is 3.35. The van der Waals surface area contributed by atoms with Crippen molar-refractivity contribution >= 4 is 0 Å². The summed E-state index contributed by atoms with van der Waals surface area (Å²) in [7, 11) is 0. The first-order valence-corrected chi connectivity index (χ1v) is 6.28. The van der Waals surface area contributed by atoms with Crippen molar-refractivity contribution in [2.24, 2.45) is 0 Å². The number of aryl methyl sites for hydroxylation is 1. The minimum atomic E-state index is -0.0841. The molecule has 0 aliphatic carbocycles. The van der Waals surface area contributed by atoms with E-state index in [-0.39, 0.29) is 17.9 Å². The normalized spacial score (nSPS) is 13.8. The molecule has 0 bridgehead atoms. The average molecular weight is 236 g/mol. The molecular weight excluding hydrogens is 212 g/mol. The summed E-state index contributed by atoms with van der Waals surface area (Å²) in [4.78, 5) is 0. The molecule has 0 radical (unpaired) electrons. The van der Waals surface area contributed by atoms with Gasteiger partial charge in [-0.05, 0) is 28.5 Å². The third-order valence-corrected chi connectivity index (χ3v) is 3.22. The minimum absolute atomic E-state index is 0.0254. The lowest BCUT2D eigenvalue weighted by molar-refractivity contribution is 0.270. The van der Waals surface area contributed by atoms with Crippen LogP contribution in [0.3, 0.4) is 0 Å². The maximum absolute atomic E-state index is 10.3. The van der Waals surface area contributed by atoms with Crippen molar-refractivity contribution in [2.45, 2.75) is 52.4 Å². The van der Waals surface area contributed by atoms with Crippen LogP contribution in [0, 0.1) is 0 Å². The zero-order valence-corrected chi connectivity index (χ0v) is 11.5. The molecule has 1 unspecified atom stereocenters. The first-order valence-electron chi connectivity index (χ1n) is 6.28. The molecule has 2 N–H and O–H groups in total. The van der Waals surface area contributed by atoms with E-state index in [0.717, 1.165) is 17.5 Å². The van der Waals surface area contributed by atoms with Crippen molar-refractivity contribution in [3.8, 4) is 5.75 Å². The number of phenols is 1. The molecule has 0 heterocycles. The van der Waals surface area contributed by atoms with E-state index in [4.69, 9.17) is 0 Å². The fraction of sp³-hybridized carbons (Fsp3) is 0.600. The Balaban J connectivity index is 3.41. The Kier molecular flexibility index (Phi) is 4.21. The van der Waals surface area contributed by atoms with Crippen LogP contribution in [-0.2, 0) is 11.8 Å². The number of rotatable bonds is 3. The van der Waals surface area contributed by atoms with Crippen LogP contribution in [-0.4, -0.2) is 16.8 Å². The van der Waals surface area contributed by atoms with Crippen molar-refractivity contribution in [1.82, 2.24) is 0 Å². The second-order valence-electron chi connectivity index (χ2n) is 5.77. The van der Waals surface area contributed by atoms with Gasteiger partial charge in [0.15, 0.2) is 0 Å². The summed E-state index contributed by atoms with van der Waals surface area (Å²) in [5.74, 6) is 0.318. The highest BCUT2D eigenvalue weighted by atomic mass is 16.3. The third kappa shape index (κ3) is 3.01. The zero-order valence-electron chi connectivity index (χ0n) is 11.5. The first-order chi connectivity index (χ1) is 7.81. The Morgan fingerprint density at radius 1 is 1.24 bits per heavy atom. The molecule has 0 aliphatic heterocycles. The molecule has 0 spiro atoms. The van der Waals surface area contributed by atoms with Crippen molar-refractivity contribution in [2.75, 3.05) is 6.61 Å². The monoisotopic (exact) mass is 236 g/mol. The molecule has 0 fully saturated rings. The third-order valence-electron chi connectivity index (χ3n) is 3.22. The molecular formula is C15H24O2. The van der Waals surface area contributed by atoms with Crippen molar-refractivity contribution in [3.63, 3.8) is 0 Å². The molecule has 1 rings (SSSR count). The van der Waals surface area contributed by atoms with Gasteiger partial charge in [0.2, 0.25) is 0 Å². The van der Waals surface area contributed by atoms with Gasteiger partial charge in [-0.2, -0.15) is 0 Å². The lowest BCUT2D eigenvalue weighted by Crippen LogP contribution is -2.14. The van der Waals surface area contributed by atoms with Gasteiger partial charge < -0.3 is 10.2 Å². The lowest BCUT2D eigenvalue weighted by atomic mass is 9.82. The molecule has 1 atom stereocenters. The topological polar surface area (TPSA) is 40.5 Å². The van der Waals surface area contributed by atoms with Crippen LogP contribution in [0.2, 0.25) is 0 Å². The van der Waals surface area contributed by atoms with Gasteiger partial charge in [-0.25, -0.2) is 0 Å². The Morgan fingerprint density at radius 3 is 2.24 bits per heavy atom. The molecule has 1 aromatic carbocycles. The highest BCUT2D eigenvalue weighted by Gasteiger charge is 2.22. The molecule has 17 heavy (non-hydrogen) atoms. The minimum Gasteiger partial charge on any atom is -0.507 e. The van der Waals surface area contributed by atoms with E-state index in [9.17, 15) is 10.2 Å². The van der Waals surface area contributed by atoms with Crippen molar-refractivity contribution < 1.29 is 10.2 Å². The highest BCUT2D eigenvalue weighted by Crippen LogP contribution is 2.37.